The van der Waals surface area contributed by atoms with Crippen molar-refractivity contribution in [1.82, 2.24) is 9.97 Å². The number of methoxy groups -OCH3 is 1. The third-order valence-corrected chi connectivity index (χ3v) is 1.79. The van der Waals surface area contributed by atoms with Crippen LogP contribution in [0.15, 0.2) is 12.4 Å². The third-order valence-electron chi connectivity index (χ3n) is 1.79. The standard InChI is InChI=1S/C9H14FN3O2/c1-13(5-8(14)6-15-2)9-11-3-7(10)4-12-9/h3-4,8,14H,5-6H2,1-2H3. The fourth-order valence-corrected chi connectivity index (χ4v) is 1.15. The van der Waals surface area contributed by atoms with E-state index in [0.717, 1.165) is 12.4 Å². The number of ether oxygens (including phenoxy) is 1. The second-order valence-corrected chi connectivity index (χ2v) is 3.19. The van der Waals surface area contributed by atoms with Crippen LogP contribution in [0.3, 0.4) is 0 Å². The molecular weight excluding hydrogens is 201 g/mol. The second-order valence-electron chi connectivity index (χ2n) is 3.19. The average Bonchev–Trinajstić information content (AvgIpc) is 2.18. The number of rotatable bonds is 5. The van der Waals surface area contributed by atoms with Crippen molar-refractivity contribution >= 4 is 5.95 Å². The number of likely N-dealkylation sites (N-methyl/N-ethyl adjacent to an activating group) is 1. The lowest BCUT2D eigenvalue weighted by atomic mass is 10.3. The van der Waals surface area contributed by atoms with Gasteiger partial charge in [-0.25, -0.2) is 14.4 Å². The number of nitrogens with zero attached hydrogens (tertiary/aromatic N) is 3. The molecule has 0 amide bonds. The number of anilines is 1. The molecule has 0 saturated heterocycles. The Balaban J connectivity index is 2.53. The fraction of sp³-hybridized carbons (Fsp3) is 0.556. The molecule has 0 aromatic carbocycles. The molecule has 1 rings (SSSR count). The highest BCUT2D eigenvalue weighted by Crippen LogP contribution is 2.04. The molecule has 84 valence electrons. The molecule has 1 N–H and O–H groups in total. The van der Waals surface area contributed by atoms with Gasteiger partial charge < -0.3 is 14.7 Å². The number of aromatic nitrogens is 2. The maximum Gasteiger partial charge on any atom is 0.225 e. The van der Waals surface area contributed by atoms with Crippen LogP contribution in [0.25, 0.3) is 0 Å². The largest absolute Gasteiger partial charge is 0.389 e. The first-order valence-corrected chi connectivity index (χ1v) is 4.49. The summed E-state index contributed by atoms with van der Waals surface area (Å²) in [6.07, 6.45) is 1.55. The van der Waals surface area contributed by atoms with Crippen LogP contribution in [0, 0.1) is 5.82 Å². The van der Waals surface area contributed by atoms with Crippen LogP contribution in [0.2, 0.25) is 0 Å². The van der Waals surface area contributed by atoms with Gasteiger partial charge in [-0.2, -0.15) is 0 Å². The SMILES string of the molecule is COCC(O)CN(C)c1ncc(F)cn1. The van der Waals surface area contributed by atoms with Gasteiger partial charge in [0.05, 0.1) is 25.1 Å². The molecule has 1 heterocycles. The van der Waals surface area contributed by atoms with Crippen LogP contribution < -0.4 is 4.90 Å². The third kappa shape index (κ3) is 3.77. The van der Waals surface area contributed by atoms with Gasteiger partial charge in [-0.3, -0.25) is 0 Å². The minimum absolute atomic E-state index is 0.242. The van der Waals surface area contributed by atoms with E-state index in [-0.39, 0.29) is 6.61 Å². The smallest absolute Gasteiger partial charge is 0.225 e. The Morgan fingerprint density at radius 3 is 2.67 bits per heavy atom. The van der Waals surface area contributed by atoms with Crippen molar-refractivity contribution in [2.75, 3.05) is 32.2 Å². The highest BCUT2D eigenvalue weighted by molar-refractivity contribution is 5.26. The van der Waals surface area contributed by atoms with Crippen molar-refractivity contribution in [3.8, 4) is 0 Å². The first-order chi connectivity index (χ1) is 7.13. The van der Waals surface area contributed by atoms with Crippen molar-refractivity contribution in [3.63, 3.8) is 0 Å². The lowest BCUT2D eigenvalue weighted by Gasteiger charge is -2.19. The number of aliphatic hydroxyl groups is 1. The first-order valence-electron chi connectivity index (χ1n) is 4.49. The Morgan fingerprint density at radius 1 is 1.53 bits per heavy atom. The molecule has 1 aromatic heterocycles. The summed E-state index contributed by atoms with van der Waals surface area (Å²) in [5, 5.41) is 9.44. The molecule has 1 atom stereocenters. The van der Waals surface area contributed by atoms with E-state index < -0.39 is 11.9 Å². The van der Waals surface area contributed by atoms with Crippen LogP contribution in [-0.2, 0) is 4.74 Å². The van der Waals surface area contributed by atoms with Gasteiger partial charge in [0.15, 0.2) is 5.82 Å². The highest BCUT2D eigenvalue weighted by atomic mass is 19.1. The van der Waals surface area contributed by atoms with Crippen molar-refractivity contribution in [3.05, 3.63) is 18.2 Å². The average molecular weight is 215 g/mol. The number of hydrogen-bond donors (Lipinski definition) is 1. The van der Waals surface area contributed by atoms with Gasteiger partial charge in [0.1, 0.15) is 0 Å². The van der Waals surface area contributed by atoms with Crippen LogP contribution in [0.1, 0.15) is 0 Å². The summed E-state index contributed by atoms with van der Waals surface area (Å²) in [6.45, 7) is 0.574. The zero-order valence-corrected chi connectivity index (χ0v) is 8.72. The Morgan fingerprint density at radius 2 is 2.13 bits per heavy atom. The molecular formula is C9H14FN3O2. The molecule has 0 aliphatic heterocycles. The molecule has 0 saturated carbocycles. The lowest BCUT2D eigenvalue weighted by Crippen LogP contribution is -2.32. The Hall–Kier alpha value is -1.27. The van der Waals surface area contributed by atoms with E-state index in [2.05, 4.69) is 9.97 Å². The quantitative estimate of drug-likeness (QED) is 0.752. The van der Waals surface area contributed by atoms with Gasteiger partial charge in [0.25, 0.3) is 0 Å². The van der Waals surface area contributed by atoms with Gasteiger partial charge in [0, 0.05) is 20.7 Å². The molecule has 0 radical (unpaired) electrons. The maximum atomic E-state index is 12.5. The van der Waals surface area contributed by atoms with Gasteiger partial charge >= 0.3 is 0 Å². The zero-order chi connectivity index (χ0) is 11.3. The molecule has 6 heteroatoms. The molecule has 0 aliphatic carbocycles. The Bertz CT molecular complexity index is 294. The topological polar surface area (TPSA) is 58.5 Å². The van der Waals surface area contributed by atoms with Crippen molar-refractivity contribution < 1.29 is 14.2 Å². The van der Waals surface area contributed by atoms with E-state index in [1.807, 2.05) is 0 Å². The monoisotopic (exact) mass is 215 g/mol. The number of aliphatic hydroxyl groups excluding tert-OH is 1. The minimum Gasteiger partial charge on any atom is -0.389 e. The van der Waals surface area contributed by atoms with Gasteiger partial charge in [0.2, 0.25) is 5.95 Å². The second kappa shape index (κ2) is 5.57. The lowest BCUT2D eigenvalue weighted by molar-refractivity contribution is 0.0693. The molecule has 1 unspecified atom stereocenters. The maximum absolute atomic E-state index is 12.5. The Kier molecular flexibility index (Phi) is 4.38. The summed E-state index contributed by atoms with van der Waals surface area (Å²) in [5.41, 5.74) is 0. The molecule has 0 bridgehead atoms. The summed E-state index contributed by atoms with van der Waals surface area (Å²) in [4.78, 5) is 9.19. The first kappa shape index (κ1) is 11.8. The van der Waals surface area contributed by atoms with E-state index in [4.69, 9.17) is 4.74 Å². The number of hydrogen-bond acceptors (Lipinski definition) is 5. The van der Waals surface area contributed by atoms with E-state index in [0.29, 0.717) is 12.5 Å². The van der Waals surface area contributed by atoms with Crippen LogP contribution in [0.5, 0.6) is 0 Å². The van der Waals surface area contributed by atoms with Gasteiger partial charge in [-0.15, -0.1) is 0 Å². The van der Waals surface area contributed by atoms with Crippen LogP contribution in [-0.4, -0.2) is 48.5 Å². The van der Waals surface area contributed by atoms with E-state index >= 15 is 0 Å². The van der Waals surface area contributed by atoms with E-state index in [1.54, 1.807) is 11.9 Å². The summed E-state index contributed by atoms with van der Waals surface area (Å²) in [7, 11) is 3.23. The summed E-state index contributed by atoms with van der Waals surface area (Å²) in [5.74, 6) is -0.115. The summed E-state index contributed by atoms with van der Waals surface area (Å²) < 4.78 is 17.3. The normalized spacial score (nSPS) is 12.5. The van der Waals surface area contributed by atoms with E-state index in [1.165, 1.54) is 7.11 Å². The predicted octanol–water partition coefficient (Wildman–Crippen LogP) is 0.0592. The molecule has 0 fully saturated rings. The molecule has 5 nitrogen and oxygen atoms in total. The minimum atomic E-state index is -0.617. The molecule has 0 aliphatic rings. The summed E-state index contributed by atoms with van der Waals surface area (Å²) in [6, 6.07) is 0. The van der Waals surface area contributed by atoms with Gasteiger partial charge in [-0.1, -0.05) is 0 Å². The number of halogens is 1. The summed E-state index contributed by atoms with van der Waals surface area (Å²) >= 11 is 0. The van der Waals surface area contributed by atoms with Crippen molar-refractivity contribution in [2.24, 2.45) is 0 Å². The van der Waals surface area contributed by atoms with Crippen LogP contribution >= 0.6 is 0 Å². The predicted molar refractivity (Wildman–Crippen MR) is 53.1 cm³/mol. The van der Waals surface area contributed by atoms with Gasteiger partial charge in [-0.05, 0) is 0 Å². The molecule has 0 spiro atoms. The highest BCUT2D eigenvalue weighted by Gasteiger charge is 2.10. The van der Waals surface area contributed by atoms with Crippen molar-refractivity contribution in [1.29, 1.82) is 0 Å². The van der Waals surface area contributed by atoms with E-state index in [9.17, 15) is 9.50 Å². The van der Waals surface area contributed by atoms with Crippen molar-refractivity contribution in [2.45, 2.75) is 6.10 Å². The molecule has 15 heavy (non-hydrogen) atoms. The Labute approximate surface area is 87.5 Å². The van der Waals surface area contributed by atoms with Crippen LogP contribution in [0.4, 0.5) is 10.3 Å². The fourth-order valence-electron chi connectivity index (χ4n) is 1.15. The zero-order valence-electron chi connectivity index (χ0n) is 8.72. The molecule has 1 aromatic rings.